The summed E-state index contributed by atoms with van der Waals surface area (Å²) >= 11 is 0. The second-order valence-electron chi connectivity index (χ2n) is 11.8. The number of esters is 1. The Hall–Kier alpha value is -4.92. The summed E-state index contributed by atoms with van der Waals surface area (Å²) in [5.74, 6) is -1.11. The predicted molar refractivity (Wildman–Crippen MR) is 190 cm³/mol. The number of nitrogens with zero attached hydrogens (tertiary/aromatic N) is 1. The highest BCUT2D eigenvalue weighted by molar-refractivity contribution is 8.04. The molecule has 0 bridgehead atoms. The number of ether oxygens (including phenoxy) is 4. The van der Waals surface area contributed by atoms with Crippen LogP contribution >= 0.6 is 0 Å². The fourth-order valence-corrected chi connectivity index (χ4v) is 9.65. The lowest BCUT2D eigenvalue weighted by Crippen LogP contribution is -2.38. The van der Waals surface area contributed by atoms with E-state index >= 15 is 0 Å². The fraction of sp³-hybridized carbons (Fsp3) is 0.297. The Labute approximate surface area is 298 Å². The molecule has 0 saturated carbocycles. The molecule has 0 radical (unpaired) electrons. The van der Waals surface area contributed by atoms with Gasteiger partial charge in [-0.1, -0.05) is 40.1 Å². The minimum Gasteiger partial charge on any atom is -0.495 e. The number of carboxylic acid groups (broad SMARTS) is 1. The molecule has 0 atom stereocenters. The van der Waals surface area contributed by atoms with Crippen LogP contribution in [0.15, 0.2) is 70.5 Å². The lowest BCUT2D eigenvalue weighted by molar-refractivity contribution is 0.0691. The van der Waals surface area contributed by atoms with Crippen molar-refractivity contribution in [3.63, 3.8) is 0 Å². The Kier molecular flexibility index (Phi) is 11.8. The van der Waals surface area contributed by atoms with E-state index in [1.165, 1.54) is 62.8 Å². The summed E-state index contributed by atoms with van der Waals surface area (Å²) in [6.45, 7) is 9.51. The molecule has 0 aromatic heterocycles. The summed E-state index contributed by atoms with van der Waals surface area (Å²) in [4.78, 5) is 25.4. The van der Waals surface area contributed by atoms with Crippen molar-refractivity contribution in [1.82, 2.24) is 3.71 Å². The first-order chi connectivity index (χ1) is 24.0. The van der Waals surface area contributed by atoms with Gasteiger partial charge in [-0.05, 0) is 94.5 Å². The number of rotatable bonds is 14. The monoisotopic (exact) mass is 739 g/mol. The largest absolute Gasteiger partial charge is 0.495 e. The van der Waals surface area contributed by atoms with Crippen LogP contribution in [0.3, 0.4) is 0 Å². The third-order valence-corrected chi connectivity index (χ3v) is 13.1. The second-order valence-corrected chi connectivity index (χ2v) is 15.7. The standard InChI is InChI=1S/C37H41NO11S2/c1-22-25(4)33(27(6)34(46-7)30(22)36(39)40)49-37(41)31-23(2)24(3)32(26(5)35(31)47-8)48-21-15-20-38(50(42,43)28-16-11-9-12-17-28)51(44,45)29-18-13-10-14-19-29/h9-14,16-19H,15,20-21H2,1-8H3,(H,39,40). The van der Waals surface area contributed by atoms with Crippen molar-refractivity contribution in [2.24, 2.45) is 0 Å². The number of carbonyl (C=O) groups is 2. The van der Waals surface area contributed by atoms with E-state index in [-0.39, 0.29) is 51.2 Å². The minimum atomic E-state index is -4.47. The quantitative estimate of drug-likeness (QED) is 0.0875. The molecule has 1 N–H and O–H groups in total. The lowest BCUT2D eigenvalue weighted by Gasteiger charge is -2.24. The predicted octanol–water partition coefficient (Wildman–Crippen LogP) is 6.32. The van der Waals surface area contributed by atoms with Gasteiger partial charge in [-0.2, -0.15) is 0 Å². The van der Waals surface area contributed by atoms with Gasteiger partial charge in [0.05, 0.1) is 30.6 Å². The first kappa shape index (κ1) is 38.9. The Bertz CT molecular complexity index is 2110. The van der Waals surface area contributed by atoms with E-state index < -0.39 is 38.5 Å². The molecule has 0 spiro atoms. The number of hydrogen-bond acceptors (Lipinski definition) is 10. The second kappa shape index (κ2) is 15.5. The Morgan fingerprint density at radius 3 is 1.51 bits per heavy atom. The van der Waals surface area contributed by atoms with Crippen molar-refractivity contribution >= 4 is 32.0 Å². The van der Waals surface area contributed by atoms with Gasteiger partial charge in [0.25, 0.3) is 20.0 Å². The number of hydrogen-bond donors (Lipinski definition) is 1. The number of benzene rings is 4. The number of methoxy groups -OCH3 is 2. The summed E-state index contributed by atoms with van der Waals surface area (Å²) in [6, 6.07) is 14.6. The Balaban J connectivity index is 1.64. The van der Waals surface area contributed by atoms with Crippen LogP contribution in [-0.4, -0.2) is 65.0 Å². The van der Waals surface area contributed by atoms with E-state index in [1.807, 2.05) is 0 Å². The highest BCUT2D eigenvalue weighted by atomic mass is 32.3. The van der Waals surface area contributed by atoms with E-state index in [0.29, 0.717) is 42.8 Å². The Morgan fingerprint density at radius 1 is 0.608 bits per heavy atom. The van der Waals surface area contributed by atoms with Gasteiger partial charge in [0, 0.05) is 17.7 Å². The Morgan fingerprint density at radius 2 is 1.04 bits per heavy atom. The molecule has 4 aromatic rings. The topological polar surface area (TPSA) is 163 Å². The highest BCUT2D eigenvalue weighted by Gasteiger charge is 2.36. The molecular formula is C37H41NO11S2. The van der Waals surface area contributed by atoms with Crippen LogP contribution in [0, 0.1) is 41.5 Å². The third kappa shape index (κ3) is 7.43. The van der Waals surface area contributed by atoms with Crippen molar-refractivity contribution in [2.45, 2.75) is 57.8 Å². The zero-order valence-electron chi connectivity index (χ0n) is 29.7. The van der Waals surface area contributed by atoms with E-state index in [4.69, 9.17) is 18.9 Å². The highest BCUT2D eigenvalue weighted by Crippen LogP contribution is 2.42. The van der Waals surface area contributed by atoms with Crippen LogP contribution in [0.2, 0.25) is 0 Å². The molecule has 0 aliphatic heterocycles. The number of aromatic carboxylic acids is 1. The van der Waals surface area contributed by atoms with Gasteiger partial charge >= 0.3 is 11.9 Å². The zero-order chi connectivity index (χ0) is 37.8. The van der Waals surface area contributed by atoms with Gasteiger partial charge in [-0.15, -0.1) is 0 Å². The molecule has 0 aliphatic rings. The lowest BCUT2D eigenvalue weighted by atomic mass is 9.96. The third-order valence-electron chi connectivity index (χ3n) is 8.74. The van der Waals surface area contributed by atoms with Gasteiger partial charge in [0.1, 0.15) is 34.1 Å². The number of carboxylic acids is 1. The van der Waals surface area contributed by atoms with E-state index in [1.54, 1.807) is 53.7 Å². The van der Waals surface area contributed by atoms with Crippen LogP contribution in [0.5, 0.6) is 23.0 Å². The average molecular weight is 740 g/mol. The van der Waals surface area contributed by atoms with Crippen molar-refractivity contribution in [1.29, 1.82) is 0 Å². The molecule has 0 heterocycles. The SMILES string of the molecule is COc1c(C)c(OC(=O)c2c(C)c(C)c(OCCCN(S(=O)(=O)c3ccccc3)S(=O)(=O)c3ccccc3)c(C)c2OC)c(C)c(C)c1C(=O)O. The molecule has 272 valence electrons. The number of carbonyl (C=O) groups excluding carboxylic acids is 1. The molecule has 4 aromatic carbocycles. The molecule has 0 saturated heterocycles. The van der Waals surface area contributed by atoms with E-state index in [2.05, 4.69) is 0 Å². The van der Waals surface area contributed by atoms with Gasteiger partial charge < -0.3 is 24.1 Å². The van der Waals surface area contributed by atoms with E-state index in [0.717, 1.165) is 0 Å². The molecular weight excluding hydrogens is 699 g/mol. The average Bonchev–Trinajstić information content (AvgIpc) is 3.10. The maximum absolute atomic E-state index is 13.8. The molecule has 12 nitrogen and oxygen atoms in total. The molecule has 14 heteroatoms. The molecule has 0 fully saturated rings. The molecule has 0 amide bonds. The molecule has 0 aliphatic carbocycles. The van der Waals surface area contributed by atoms with Crippen LogP contribution in [0.4, 0.5) is 0 Å². The normalized spacial score (nSPS) is 11.7. The van der Waals surface area contributed by atoms with Crippen molar-refractivity contribution in [2.75, 3.05) is 27.4 Å². The molecule has 51 heavy (non-hydrogen) atoms. The van der Waals surface area contributed by atoms with Gasteiger partial charge in [0.15, 0.2) is 0 Å². The van der Waals surface area contributed by atoms with Crippen LogP contribution in [0.25, 0.3) is 0 Å². The van der Waals surface area contributed by atoms with Gasteiger partial charge in [0.2, 0.25) is 0 Å². The fourth-order valence-electron chi connectivity index (χ4n) is 5.88. The first-order valence-electron chi connectivity index (χ1n) is 15.8. The summed E-state index contributed by atoms with van der Waals surface area (Å²) in [5, 5.41) is 9.77. The van der Waals surface area contributed by atoms with Crippen molar-refractivity contribution in [3.8, 4) is 23.0 Å². The number of sulfonamides is 2. The van der Waals surface area contributed by atoms with Gasteiger partial charge in [-0.3, -0.25) is 0 Å². The summed E-state index contributed by atoms with van der Waals surface area (Å²) in [6.07, 6.45) is -0.00572. The van der Waals surface area contributed by atoms with Crippen molar-refractivity contribution < 1.29 is 50.5 Å². The maximum Gasteiger partial charge on any atom is 0.347 e. The minimum absolute atomic E-state index is 0.00572. The van der Waals surface area contributed by atoms with Crippen molar-refractivity contribution in [3.05, 3.63) is 105 Å². The maximum atomic E-state index is 13.8. The first-order valence-corrected chi connectivity index (χ1v) is 18.7. The molecule has 0 unspecified atom stereocenters. The summed E-state index contributed by atoms with van der Waals surface area (Å²) < 4.78 is 78.1. The van der Waals surface area contributed by atoms with Crippen LogP contribution in [-0.2, 0) is 20.0 Å². The summed E-state index contributed by atoms with van der Waals surface area (Å²) in [5.41, 5.74) is 2.82. The van der Waals surface area contributed by atoms with Gasteiger partial charge in [-0.25, -0.2) is 26.4 Å². The summed E-state index contributed by atoms with van der Waals surface area (Å²) in [7, 11) is -6.20. The van der Waals surface area contributed by atoms with E-state index in [9.17, 15) is 31.5 Å². The van der Waals surface area contributed by atoms with Crippen LogP contribution in [0.1, 0.15) is 60.5 Å². The smallest absolute Gasteiger partial charge is 0.347 e. The van der Waals surface area contributed by atoms with Crippen LogP contribution < -0.4 is 18.9 Å². The zero-order valence-corrected chi connectivity index (χ0v) is 31.3. The molecule has 4 rings (SSSR count).